The summed E-state index contributed by atoms with van der Waals surface area (Å²) in [6.45, 7) is 8.99. The first-order valence-electron chi connectivity index (χ1n) is 23.3. The minimum absolute atomic E-state index is 0.0968. The Morgan fingerprint density at radius 1 is 0.739 bits per heavy atom. The molecule has 4 aliphatic heterocycles. The fraction of sp³-hybridized carbons (Fsp3) is 0.420. The number of alkyl carbamates (subject to hydrolysis) is 2. The lowest BCUT2D eigenvalue weighted by molar-refractivity contribution is -0.136. The predicted molar refractivity (Wildman–Crippen MR) is 250 cm³/mol. The first-order chi connectivity index (χ1) is 33.3. The first-order valence-corrected chi connectivity index (χ1v) is 23.3. The molecule has 4 aliphatic rings. The standard InChI is InChI=1S/C50H57N9O10/c1-27(2)42(55-48(62)65-5)46(60)58-17-7-8-38(58)44-51-21-36(53-44)31-13-9-29(10-14-31)30-11-15-32(16-12-30)37-22-52-45(54-37)39-20-35(25-59(39)47(61)43(28(3)4)56-49(63)66-6)69-50(64)57-23-33-18-40-41(68-26-67-40)19-34(33)24-57/h9-16,18-19,21-22,27-28,35,38-39,42-43H,7-8,17,20,23-26H2,1-6H3,(H,51,53)(H,52,54)(H,55,62)(H,56,63)/t35-,38+,39+,42?,43+/m1/s1. The zero-order valence-corrected chi connectivity index (χ0v) is 39.4. The molecule has 5 amide bonds. The number of likely N-dealkylation sites (tertiary alicyclic amines) is 2. The molecule has 5 atom stereocenters. The molecule has 5 aromatic rings. The highest BCUT2D eigenvalue weighted by molar-refractivity contribution is 5.87. The molecule has 0 radical (unpaired) electrons. The number of carbonyl (C=O) groups is 5. The van der Waals surface area contributed by atoms with E-state index in [-0.39, 0.29) is 49.5 Å². The number of imidazole rings is 2. The zero-order chi connectivity index (χ0) is 48.5. The number of H-pyrrole nitrogens is 2. The van der Waals surface area contributed by atoms with Gasteiger partial charge in [-0.15, -0.1) is 0 Å². The molecule has 0 saturated carbocycles. The summed E-state index contributed by atoms with van der Waals surface area (Å²) in [7, 11) is 2.53. The van der Waals surface area contributed by atoms with Crippen molar-refractivity contribution < 1.29 is 47.7 Å². The Bertz CT molecular complexity index is 2680. The molecule has 19 nitrogen and oxygen atoms in total. The van der Waals surface area contributed by atoms with Crippen molar-refractivity contribution >= 4 is 30.1 Å². The van der Waals surface area contributed by atoms with Crippen molar-refractivity contribution in [2.45, 2.75) is 90.3 Å². The minimum atomic E-state index is -0.899. The Labute approximate surface area is 399 Å². The van der Waals surface area contributed by atoms with Crippen LogP contribution >= 0.6 is 0 Å². The Hall–Kier alpha value is -7.57. The molecule has 4 N–H and O–H groups in total. The van der Waals surface area contributed by atoms with Gasteiger partial charge in [-0.1, -0.05) is 76.2 Å². The van der Waals surface area contributed by atoms with Crippen molar-refractivity contribution in [1.82, 2.24) is 45.3 Å². The van der Waals surface area contributed by atoms with Crippen molar-refractivity contribution in [3.05, 3.63) is 95.8 Å². The SMILES string of the molecule is COC(=O)NC(C(=O)N1CCC[C@H]1c1nc(-c2ccc(-c3ccc(-c4cnc([C@@H]5C[C@@H](OC(=O)N6Cc7cc8c(cc7C6)OCO8)CN5C(=O)[C@@H](NC(=O)OC)C(C)C)[nH]4)cc3)cc2)c[nH]1)C(C)C. The van der Waals surface area contributed by atoms with E-state index >= 15 is 0 Å². The van der Waals surface area contributed by atoms with Gasteiger partial charge >= 0.3 is 18.3 Å². The maximum atomic E-state index is 14.3. The van der Waals surface area contributed by atoms with Crippen LogP contribution in [0.2, 0.25) is 0 Å². The number of aromatic nitrogens is 4. The van der Waals surface area contributed by atoms with Gasteiger partial charge in [-0.25, -0.2) is 24.4 Å². The van der Waals surface area contributed by atoms with Gasteiger partial charge in [0.15, 0.2) is 11.5 Å². The lowest BCUT2D eigenvalue weighted by Crippen LogP contribution is -2.51. The van der Waals surface area contributed by atoms with Crippen molar-refractivity contribution in [3.63, 3.8) is 0 Å². The number of amides is 5. The summed E-state index contributed by atoms with van der Waals surface area (Å²) in [4.78, 5) is 87.3. The van der Waals surface area contributed by atoms with Gasteiger partial charge in [0.1, 0.15) is 29.8 Å². The second-order valence-corrected chi connectivity index (χ2v) is 18.5. The van der Waals surface area contributed by atoms with Gasteiger partial charge < -0.3 is 54.1 Å². The molecule has 362 valence electrons. The van der Waals surface area contributed by atoms with Crippen LogP contribution in [0.15, 0.2) is 73.1 Å². The lowest BCUT2D eigenvalue weighted by atomic mass is 10.0. The topological polar surface area (TPSA) is 223 Å². The van der Waals surface area contributed by atoms with Crippen molar-refractivity contribution in [1.29, 1.82) is 0 Å². The number of carbonyl (C=O) groups excluding carboxylic acids is 5. The molecule has 69 heavy (non-hydrogen) atoms. The Balaban J connectivity index is 0.871. The zero-order valence-electron chi connectivity index (χ0n) is 39.4. The van der Waals surface area contributed by atoms with Gasteiger partial charge in [0, 0.05) is 37.8 Å². The predicted octanol–water partition coefficient (Wildman–Crippen LogP) is 7.08. The third-order valence-electron chi connectivity index (χ3n) is 13.3. The molecular weight excluding hydrogens is 887 g/mol. The van der Waals surface area contributed by atoms with Gasteiger partial charge in [-0.05, 0) is 64.6 Å². The van der Waals surface area contributed by atoms with Crippen molar-refractivity contribution in [3.8, 4) is 45.1 Å². The van der Waals surface area contributed by atoms with Crippen LogP contribution in [0.25, 0.3) is 33.6 Å². The molecule has 3 aromatic carbocycles. The summed E-state index contributed by atoms with van der Waals surface area (Å²) < 4.78 is 26.8. The second kappa shape index (κ2) is 19.6. The van der Waals surface area contributed by atoms with E-state index in [1.807, 2.05) is 94.6 Å². The summed E-state index contributed by atoms with van der Waals surface area (Å²) >= 11 is 0. The Morgan fingerprint density at radius 2 is 1.30 bits per heavy atom. The van der Waals surface area contributed by atoms with Gasteiger partial charge in [-0.2, -0.15) is 0 Å². The molecule has 0 bridgehead atoms. The monoisotopic (exact) mass is 943 g/mol. The van der Waals surface area contributed by atoms with Crippen LogP contribution in [0.1, 0.15) is 81.8 Å². The third-order valence-corrected chi connectivity index (χ3v) is 13.3. The van der Waals surface area contributed by atoms with Crippen LogP contribution in [-0.2, 0) is 36.9 Å². The van der Waals surface area contributed by atoms with Crippen LogP contribution in [0, 0.1) is 11.8 Å². The van der Waals surface area contributed by atoms with E-state index in [2.05, 4.69) is 20.6 Å². The molecule has 2 aromatic heterocycles. The lowest BCUT2D eigenvalue weighted by Gasteiger charge is -2.29. The molecule has 0 spiro atoms. The molecular formula is C50H57N9O10. The van der Waals surface area contributed by atoms with Crippen molar-refractivity contribution in [2.75, 3.05) is 34.1 Å². The number of hydrogen-bond acceptors (Lipinski definition) is 12. The number of nitrogens with one attached hydrogen (secondary N) is 4. The van der Waals surface area contributed by atoms with Gasteiger partial charge in [-0.3, -0.25) is 14.5 Å². The first kappa shape index (κ1) is 46.5. The molecule has 0 aliphatic carbocycles. The maximum Gasteiger partial charge on any atom is 0.410 e. The van der Waals surface area contributed by atoms with Crippen LogP contribution in [0.5, 0.6) is 11.5 Å². The largest absolute Gasteiger partial charge is 0.454 e. The smallest absolute Gasteiger partial charge is 0.410 e. The summed E-state index contributed by atoms with van der Waals surface area (Å²) in [5.41, 5.74) is 7.19. The number of nitrogens with zero attached hydrogens (tertiary/aromatic N) is 5. The van der Waals surface area contributed by atoms with E-state index < -0.39 is 42.5 Å². The van der Waals surface area contributed by atoms with E-state index in [0.717, 1.165) is 57.6 Å². The highest BCUT2D eigenvalue weighted by Crippen LogP contribution is 2.40. The third kappa shape index (κ3) is 9.62. The second-order valence-electron chi connectivity index (χ2n) is 18.5. The van der Waals surface area contributed by atoms with Gasteiger partial charge in [0.2, 0.25) is 18.6 Å². The van der Waals surface area contributed by atoms with E-state index in [1.165, 1.54) is 14.2 Å². The fourth-order valence-electron chi connectivity index (χ4n) is 9.57. The average molecular weight is 944 g/mol. The minimum Gasteiger partial charge on any atom is -0.454 e. The number of fused-ring (bicyclic) bond motifs is 2. The summed E-state index contributed by atoms with van der Waals surface area (Å²) in [6, 6.07) is 17.5. The van der Waals surface area contributed by atoms with E-state index in [0.29, 0.717) is 42.8 Å². The Kier molecular flexibility index (Phi) is 13.2. The van der Waals surface area contributed by atoms with Crippen LogP contribution < -0.4 is 20.1 Å². The van der Waals surface area contributed by atoms with Crippen LogP contribution in [0.3, 0.4) is 0 Å². The molecule has 2 fully saturated rings. The highest BCUT2D eigenvalue weighted by atomic mass is 16.7. The molecule has 6 heterocycles. The van der Waals surface area contributed by atoms with E-state index in [1.54, 1.807) is 20.9 Å². The number of aromatic amines is 2. The summed E-state index contributed by atoms with van der Waals surface area (Å²) in [6.07, 6.45) is 2.92. The van der Waals surface area contributed by atoms with E-state index in [4.69, 9.17) is 33.7 Å². The van der Waals surface area contributed by atoms with Crippen LogP contribution in [0.4, 0.5) is 14.4 Å². The molecule has 1 unspecified atom stereocenters. The summed E-state index contributed by atoms with van der Waals surface area (Å²) in [5, 5.41) is 5.38. The van der Waals surface area contributed by atoms with Crippen molar-refractivity contribution in [2.24, 2.45) is 11.8 Å². The maximum absolute atomic E-state index is 14.3. The molecule has 2 saturated heterocycles. The number of hydrogen-bond donors (Lipinski definition) is 4. The average Bonchev–Trinajstić information content (AvgIpc) is 4.22. The summed E-state index contributed by atoms with van der Waals surface area (Å²) in [5.74, 6) is 1.61. The normalized spacial score (nSPS) is 19.1. The quantitative estimate of drug-likeness (QED) is 0.0922. The Morgan fingerprint density at radius 3 is 1.88 bits per heavy atom. The van der Waals surface area contributed by atoms with Gasteiger partial charge in [0.25, 0.3) is 0 Å². The number of methoxy groups -OCH3 is 2. The molecule has 9 rings (SSSR count). The van der Waals surface area contributed by atoms with Crippen LogP contribution in [-0.4, -0.2) is 117 Å². The van der Waals surface area contributed by atoms with Gasteiger partial charge in [0.05, 0.1) is 50.4 Å². The molecule has 19 heteroatoms. The number of ether oxygens (including phenoxy) is 5. The highest BCUT2D eigenvalue weighted by Gasteiger charge is 2.44. The van der Waals surface area contributed by atoms with E-state index in [9.17, 15) is 24.0 Å². The number of benzene rings is 3. The fourth-order valence-corrected chi connectivity index (χ4v) is 9.57. The number of rotatable bonds is 12.